The lowest BCUT2D eigenvalue weighted by atomic mass is 10.1. The van der Waals surface area contributed by atoms with Gasteiger partial charge >= 0.3 is 0 Å². The predicted octanol–water partition coefficient (Wildman–Crippen LogP) is 3.85. The maximum absolute atomic E-state index is 3.80. The fraction of sp³-hybridized carbons (Fsp3) is 0.200. The quantitative estimate of drug-likeness (QED) is 0.686. The van der Waals surface area contributed by atoms with Crippen LogP contribution in [-0.2, 0) is 13.1 Å². The molecule has 0 bridgehead atoms. The summed E-state index contributed by atoms with van der Waals surface area (Å²) in [4.78, 5) is 0. The van der Waals surface area contributed by atoms with Crippen LogP contribution in [-0.4, -0.2) is 13.1 Å². The van der Waals surface area contributed by atoms with Crippen LogP contribution in [0, 0.1) is 0 Å². The highest BCUT2D eigenvalue weighted by Gasteiger charge is 1.95. The van der Waals surface area contributed by atoms with Crippen LogP contribution in [0.1, 0.15) is 22.3 Å². The van der Waals surface area contributed by atoms with Crippen molar-refractivity contribution in [2.24, 2.45) is 0 Å². The molecule has 2 N–H and O–H groups in total. The zero-order valence-electron chi connectivity index (χ0n) is 13.0. The number of hydrogen-bond acceptors (Lipinski definition) is 2. The molecule has 0 heterocycles. The molecule has 0 radical (unpaired) electrons. The first-order valence-electron chi connectivity index (χ1n) is 7.66. The van der Waals surface area contributed by atoms with Gasteiger partial charge in [0, 0.05) is 26.2 Å². The van der Waals surface area contributed by atoms with Crippen LogP contribution in [0.3, 0.4) is 0 Å². The zero-order valence-corrected chi connectivity index (χ0v) is 13.0. The van der Waals surface area contributed by atoms with Crippen LogP contribution < -0.4 is 10.6 Å². The van der Waals surface area contributed by atoms with Crippen molar-refractivity contribution in [1.29, 1.82) is 0 Å². The second kappa shape index (κ2) is 8.98. The van der Waals surface area contributed by atoms with Crippen molar-refractivity contribution in [3.63, 3.8) is 0 Å². The molecule has 2 aromatic carbocycles. The highest BCUT2D eigenvalue weighted by atomic mass is 14.9. The van der Waals surface area contributed by atoms with Crippen molar-refractivity contribution in [3.05, 3.63) is 83.9 Å². The summed E-state index contributed by atoms with van der Waals surface area (Å²) in [7, 11) is 0. The maximum atomic E-state index is 3.80. The van der Waals surface area contributed by atoms with Crippen molar-refractivity contribution < 1.29 is 0 Å². The van der Waals surface area contributed by atoms with Gasteiger partial charge in [0.15, 0.2) is 0 Å². The summed E-state index contributed by atoms with van der Waals surface area (Å²) in [6.45, 7) is 11.3. The van der Waals surface area contributed by atoms with Gasteiger partial charge in [0.1, 0.15) is 0 Å². The molecule has 0 saturated carbocycles. The van der Waals surface area contributed by atoms with Crippen molar-refractivity contribution in [1.82, 2.24) is 10.6 Å². The molecule has 2 aromatic rings. The minimum Gasteiger partial charge on any atom is -0.311 e. The highest BCUT2D eigenvalue weighted by molar-refractivity contribution is 5.48. The standard InChI is InChI=1S/C20H24N2/c1-3-17-7-5-9-19(13-17)15-21-11-12-22-16-20-10-6-8-18(4-2)14-20/h3-10,13-14,21-22H,1-2,11-12,15-16H2. The molecule has 2 heteroatoms. The van der Waals surface area contributed by atoms with Crippen LogP contribution in [0.25, 0.3) is 12.2 Å². The van der Waals surface area contributed by atoms with E-state index >= 15 is 0 Å². The molecule has 114 valence electrons. The van der Waals surface area contributed by atoms with E-state index in [-0.39, 0.29) is 0 Å². The van der Waals surface area contributed by atoms with E-state index in [2.05, 4.69) is 72.3 Å². The van der Waals surface area contributed by atoms with E-state index in [0.717, 1.165) is 26.2 Å². The summed E-state index contributed by atoms with van der Waals surface area (Å²) in [5.41, 5.74) is 4.91. The van der Waals surface area contributed by atoms with Gasteiger partial charge in [-0.1, -0.05) is 73.8 Å². The van der Waals surface area contributed by atoms with Crippen molar-refractivity contribution in [2.45, 2.75) is 13.1 Å². The van der Waals surface area contributed by atoms with Gasteiger partial charge in [0.2, 0.25) is 0 Å². The van der Waals surface area contributed by atoms with Gasteiger partial charge in [-0.3, -0.25) is 0 Å². The fourth-order valence-corrected chi connectivity index (χ4v) is 2.30. The Labute approximate surface area is 133 Å². The van der Waals surface area contributed by atoms with E-state index in [9.17, 15) is 0 Å². The Morgan fingerprint density at radius 1 is 0.727 bits per heavy atom. The topological polar surface area (TPSA) is 24.1 Å². The van der Waals surface area contributed by atoms with Crippen molar-refractivity contribution in [2.75, 3.05) is 13.1 Å². The highest BCUT2D eigenvalue weighted by Crippen LogP contribution is 2.06. The lowest BCUT2D eigenvalue weighted by molar-refractivity contribution is 0.611. The Hall–Kier alpha value is -2.16. The minimum absolute atomic E-state index is 0.884. The molecule has 0 unspecified atom stereocenters. The SMILES string of the molecule is C=Cc1cccc(CNCCNCc2cccc(C=C)c2)c1. The van der Waals surface area contributed by atoms with E-state index in [1.807, 2.05) is 12.2 Å². The average molecular weight is 292 g/mol. The van der Waals surface area contributed by atoms with E-state index < -0.39 is 0 Å². The first-order valence-corrected chi connectivity index (χ1v) is 7.66. The number of nitrogens with one attached hydrogen (secondary N) is 2. The predicted molar refractivity (Wildman–Crippen MR) is 96.5 cm³/mol. The number of rotatable bonds is 9. The number of benzene rings is 2. The van der Waals surface area contributed by atoms with Crippen LogP contribution in [0.5, 0.6) is 0 Å². The zero-order chi connectivity index (χ0) is 15.6. The maximum Gasteiger partial charge on any atom is 0.0206 e. The van der Waals surface area contributed by atoms with Gasteiger partial charge in [-0.05, 0) is 22.3 Å². The van der Waals surface area contributed by atoms with Crippen molar-refractivity contribution >= 4 is 12.2 Å². The second-order valence-electron chi connectivity index (χ2n) is 5.25. The summed E-state index contributed by atoms with van der Waals surface area (Å²) in [6.07, 6.45) is 3.75. The first kappa shape index (κ1) is 16.2. The molecule has 0 aliphatic rings. The normalized spacial score (nSPS) is 10.4. The summed E-state index contributed by atoms with van der Waals surface area (Å²) >= 11 is 0. The molecule has 0 aliphatic carbocycles. The van der Waals surface area contributed by atoms with E-state index in [4.69, 9.17) is 0 Å². The van der Waals surface area contributed by atoms with Gasteiger partial charge in [-0.2, -0.15) is 0 Å². The Morgan fingerprint density at radius 3 is 1.59 bits per heavy atom. The minimum atomic E-state index is 0.884. The average Bonchev–Trinajstić information content (AvgIpc) is 2.58. The van der Waals surface area contributed by atoms with Crippen LogP contribution >= 0.6 is 0 Å². The summed E-state index contributed by atoms with van der Waals surface area (Å²) < 4.78 is 0. The molecule has 0 fully saturated rings. The van der Waals surface area contributed by atoms with Gasteiger partial charge in [0.05, 0.1) is 0 Å². The van der Waals surface area contributed by atoms with Crippen LogP contribution in [0.4, 0.5) is 0 Å². The molecular formula is C20H24N2. The van der Waals surface area contributed by atoms with E-state index in [0.29, 0.717) is 0 Å². The Morgan fingerprint density at radius 2 is 1.18 bits per heavy atom. The van der Waals surface area contributed by atoms with Gasteiger partial charge in [-0.15, -0.1) is 0 Å². The van der Waals surface area contributed by atoms with E-state index in [1.165, 1.54) is 22.3 Å². The van der Waals surface area contributed by atoms with Gasteiger partial charge < -0.3 is 10.6 Å². The van der Waals surface area contributed by atoms with Crippen molar-refractivity contribution in [3.8, 4) is 0 Å². The van der Waals surface area contributed by atoms with Crippen LogP contribution in [0.2, 0.25) is 0 Å². The number of hydrogen-bond donors (Lipinski definition) is 2. The molecule has 0 amide bonds. The van der Waals surface area contributed by atoms with Crippen LogP contribution in [0.15, 0.2) is 61.7 Å². The third-order valence-corrected chi connectivity index (χ3v) is 3.51. The summed E-state index contributed by atoms with van der Waals surface area (Å²) in [5.74, 6) is 0. The lowest BCUT2D eigenvalue weighted by Crippen LogP contribution is -2.26. The van der Waals surface area contributed by atoms with E-state index in [1.54, 1.807) is 0 Å². The summed E-state index contributed by atoms with van der Waals surface area (Å²) in [6, 6.07) is 16.9. The molecule has 0 atom stereocenters. The monoisotopic (exact) mass is 292 g/mol. The largest absolute Gasteiger partial charge is 0.311 e. The molecule has 22 heavy (non-hydrogen) atoms. The molecule has 0 aromatic heterocycles. The van der Waals surface area contributed by atoms with Gasteiger partial charge in [0.25, 0.3) is 0 Å². The smallest absolute Gasteiger partial charge is 0.0206 e. The lowest BCUT2D eigenvalue weighted by Gasteiger charge is -2.08. The third kappa shape index (κ3) is 5.32. The van der Waals surface area contributed by atoms with Gasteiger partial charge in [-0.25, -0.2) is 0 Å². The molecule has 0 spiro atoms. The molecule has 2 nitrogen and oxygen atoms in total. The fourth-order valence-electron chi connectivity index (χ4n) is 2.30. The molecule has 0 saturated heterocycles. The third-order valence-electron chi connectivity index (χ3n) is 3.51. The molecular weight excluding hydrogens is 268 g/mol. The summed E-state index contributed by atoms with van der Waals surface area (Å²) in [5, 5.41) is 6.90. The molecule has 0 aliphatic heterocycles. The Bertz CT molecular complexity index is 561. The Kier molecular flexibility index (Phi) is 6.62. The molecule has 2 rings (SSSR count). The second-order valence-corrected chi connectivity index (χ2v) is 5.25. The Balaban J connectivity index is 1.64. The first-order chi connectivity index (χ1) is 10.8.